The number of halogens is 1. The van der Waals surface area contributed by atoms with E-state index < -0.39 is 0 Å². The second-order valence-electron chi connectivity index (χ2n) is 5.90. The van der Waals surface area contributed by atoms with Crippen LogP contribution in [0.1, 0.15) is 51.1 Å². The van der Waals surface area contributed by atoms with Crippen molar-refractivity contribution >= 4 is 15.9 Å². The van der Waals surface area contributed by atoms with Crippen LogP contribution in [0.5, 0.6) is 5.75 Å². The molecule has 0 bridgehead atoms. The zero-order chi connectivity index (χ0) is 14.5. The number of hydrogen-bond donors (Lipinski definition) is 1. The first-order valence-corrected chi connectivity index (χ1v) is 8.53. The van der Waals surface area contributed by atoms with Crippen LogP contribution in [-0.4, -0.2) is 13.7 Å². The molecule has 1 aliphatic carbocycles. The van der Waals surface area contributed by atoms with E-state index in [4.69, 9.17) is 4.74 Å². The molecule has 0 aromatic heterocycles. The highest BCUT2D eigenvalue weighted by atomic mass is 79.9. The van der Waals surface area contributed by atoms with E-state index in [0.29, 0.717) is 6.04 Å². The van der Waals surface area contributed by atoms with E-state index in [0.717, 1.165) is 28.6 Å². The highest BCUT2D eigenvalue weighted by molar-refractivity contribution is 9.10. The Morgan fingerprint density at radius 1 is 1.40 bits per heavy atom. The molecule has 2 nitrogen and oxygen atoms in total. The van der Waals surface area contributed by atoms with Crippen LogP contribution >= 0.6 is 15.9 Å². The summed E-state index contributed by atoms with van der Waals surface area (Å²) in [6.07, 6.45) is 5.25. The van der Waals surface area contributed by atoms with Crippen LogP contribution in [0.25, 0.3) is 0 Å². The van der Waals surface area contributed by atoms with Crippen molar-refractivity contribution in [1.29, 1.82) is 0 Å². The Kier molecular flexibility index (Phi) is 5.91. The Bertz CT molecular complexity index is 435. The molecule has 1 aromatic rings. The molecular formula is C17H26BrNO. The minimum Gasteiger partial charge on any atom is -0.496 e. The fraction of sp³-hybridized carbons (Fsp3) is 0.647. The number of methoxy groups -OCH3 is 1. The normalized spacial score (nSPS) is 23.8. The quantitative estimate of drug-likeness (QED) is 0.792. The summed E-state index contributed by atoms with van der Waals surface area (Å²) in [7, 11) is 1.71. The monoisotopic (exact) mass is 339 g/mol. The summed E-state index contributed by atoms with van der Waals surface area (Å²) in [6.45, 7) is 5.71. The molecule has 1 fully saturated rings. The molecule has 1 aromatic carbocycles. The van der Waals surface area contributed by atoms with Gasteiger partial charge in [0.2, 0.25) is 0 Å². The highest BCUT2D eigenvalue weighted by Gasteiger charge is 2.31. The molecule has 1 aliphatic rings. The third-order valence-corrected chi connectivity index (χ3v) is 5.12. The number of ether oxygens (including phenoxy) is 1. The van der Waals surface area contributed by atoms with Crippen LogP contribution in [0.15, 0.2) is 22.7 Å². The Labute approximate surface area is 131 Å². The Balaban J connectivity index is 2.23. The summed E-state index contributed by atoms with van der Waals surface area (Å²) in [6, 6.07) is 6.97. The zero-order valence-electron chi connectivity index (χ0n) is 12.8. The minimum atomic E-state index is 0.467. The van der Waals surface area contributed by atoms with Gasteiger partial charge in [0, 0.05) is 6.04 Å². The third kappa shape index (κ3) is 3.56. The smallest absolute Gasteiger partial charge is 0.133 e. The Morgan fingerprint density at radius 2 is 2.20 bits per heavy atom. The van der Waals surface area contributed by atoms with Gasteiger partial charge in [0.25, 0.3) is 0 Å². The van der Waals surface area contributed by atoms with E-state index in [2.05, 4.69) is 53.3 Å². The lowest BCUT2D eigenvalue weighted by Gasteiger charge is -2.29. The van der Waals surface area contributed by atoms with Crippen molar-refractivity contribution in [2.75, 3.05) is 13.7 Å². The van der Waals surface area contributed by atoms with E-state index in [1.165, 1.54) is 31.2 Å². The first-order valence-electron chi connectivity index (χ1n) is 7.74. The average Bonchev–Trinajstić information content (AvgIpc) is 2.86. The van der Waals surface area contributed by atoms with Gasteiger partial charge in [0.05, 0.1) is 11.6 Å². The van der Waals surface area contributed by atoms with Crippen molar-refractivity contribution in [1.82, 2.24) is 5.32 Å². The lowest BCUT2D eigenvalue weighted by molar-refractivity contribution is 0.301. The lowest BCUT2D eigenvalue weighted by atomic mass is 9.86. The molecule has 112 valence electrons. The minimum absolute atomic E-state index is 0.467. The maximum absolute atomic E-state index is 5.34. The van der Waals surface area contributed by atoms with Crippen molar-refractivity contribution in [3.63, 3.8) is 0 Å². The first-order chi connectivity index (χ1) is 9.67. The molecule has 0 amide bonds. The van der Waals surface area contributed by atoms with Crippen LogP contribution in [0.2, 0.25) is 0 Å². The van der Waals surface area contributed by atoms with Gasteiger partial charge in [0.15, 0.2) is 0 Å². The predicted molar refractivity (Wildman–Crippen MR) is 88.2 cm³/mol. The first kappa shape index (κ1) is 15.8. The summed E-state index contributed by atoms with van der Waals surface area (Å²) < 4.78 is 6.39. The van der Waals surface area contributed by atoms with Gasteiger partial charge in [-0.05, 0) is 64.8 Å². The molecule has 1 N–H and O–H groups in total. The van der Waals surface area contributed by atoms with Crippen LogP contribution in [0, 0.1) is 11.8 Å². The van der Waals surface area contributed by atoms with Gasteiger partial charge in [-0.1, -0.05) is 32.8 Å². The summed E-state index contributed by atoms with van der Waals surface area (Å²) in [5.74, 6) is 2.47. The van der Waals surface area contributed by atoms with Crippen molar-refractivity contribution in [3.8, 4) is 5.75 Å². The summed E-state index contributed by atoms with van der Waals surface area (Å²) in [4.78, 5) is 0. The predicted octanol–water partition coefficient (Wildman–Crippen LogP) is 4.93. The Hall–Kier alpha value is -0.540. The van der Waals surface area contributed by atoms with Crippen molar-refractivity contribution in [3.05, 3.63) is 28.2 Å². The summed E-state index contributed by atoms with van der Waals surface area (Å²) in [5, 5.41) is 3.76. The fourth-order valence-electron chi connectivity index (χ4n) is 3.36. The van der Waals surface area contributed by atoms with Crippen LogP contribution in [0.4, 0.5) is 0 Å². The van der Waals surface area contributed by atoms with Gasteiger partial charge in [-0.3, -0.25) is 0 Å². The maximum atomic E-state index is 5.34. The fourth-order valence-corrected chi connectivity index (χ4v) is 3.92. The molecule has 3 unspecified atom stereocenters. The van der Waals surface area contributed by atoms with E-state index in [9.17, 15) is 0 Å². The SMILES string of the molecule is CCCNC(c1ccc(OC)c(Br)c1)C1CCCC1C. The number of nitrogens with one attached hydrogen (secondary N) is 1. The summed E-state index contributed by atoms with van der Waals surface area (Å²) in [5.41, 5.74) is 1.38. The van der Waals surface area contributed by atoms with Crippen LogP contribution in [-0.2, 0) is 0 Å². The van der Waals surface area contributed by atoms with E-state index >= 15 is 0 Å². The number of benzene rings is 1. The van der Waals surface area contributed by atoms with Crippen molar-refractivity contribution < 1.29 is 4.74 Å². The van der Waals surface area contributed by atoms with Crippen molar-refractivity contribution in [2.24, 2.45) is 11.8 Å². The second-order valence-corrected chi connectivity index (χ2v) is 6.75. The third-order valence-electron chi connectivity index (χ3n) is 4.51. The Morgan fingerprint density at radius 3 is 2.75 bits per heavy atom. The van der Waals surface area contributed by atoms with E-state index in [1.807, 2.05) is 0 Å². The van der Waals surface area contributed by atoms with Gasteiger partial charge >= 0.3 is 0 Å². The molecular weight excluding hydrogens is 314 g/mol. The topological polar surface area (TPSA) is 21.3 Å². The molecule has 3 atom stereocenters. The van der Waals surface area contributed by atoms with E-state index in [1.54, 1.807) is 7.11 Å². The number of rotatable bonds is 6. The van der Waals surface area contributed by atoms with Gasteiger partial charge in [-0.15, -0.1) is 0 Å². The summed E-state index contributed by atoms with van der Waals surface area (Å²) >= 11 is 3.61. The second kappa shape index (κ2) is 7.46. The van der Waals surface area contributed by atoms with Gasteiger partial charge in [0.1, 0.15) is 5.75 Å². The molecule has 2 rings (SSSR count). The zero-order valence-corrected chi connectivity index (χ0v) is 14.4. The number of hydrogen-bond acceptors (Lipinski definition) is 2. The molecule has 3 heteroatoms. The molecule has 1 saturated carbocycles. The molecule has 0 spiro atoms. The average molecular weight is 340 g/mol. The molecule has 0 heterocycles. The maximum Gasteiger partial charge on any atom is 0.133 e. The molecule has 0 saturated heterocycles. The molecule has 0 aliphatic heterocycles. The van der Waals surface area contributed by atoms with Gasteiger partial charge < -0.3 is 10.1 Å². The van der Waals surface area contributed by atoms with Crippen LogP contribution < -0.4 is 10.1 Å². The van der Waals surface area contributed by atoms with Crippen molar-refractivity contribution in [2.45, 2.75) is 45.6 Å². The standard InChI is InChI=1S/C17H26BrNO/c1-4-10-19-17(14-7-5-6-12(14)2)13-8-9-16(20-3)15(18)11-13/h8-9,11-12,14,17,19H,4-7,10H2,1-3H3. The molecule has 20 heavy (non-hydrogen) atoms. The highest BCUT2D eigenvalue weighted by Crippen LogP contribution is 2.41. The lowest BCUT2D eigenvalue weighted by Crippen LogP contribution is -2.30. The molecule has 0 radical (unpaired) electrons. The van der Waals surface area contributed by atoms with E-state index in [-0.39, 0.29) is 0 Å². The van der Waals surface area contributed by atoms with Gasteiger partial charge in [-0.2, -0.15) is 0 Å². The largest absolute Gasteiger partial charge is 0.496 e. The van der Waals surface area contributed by atoms with Gasteiger partial charge in [-0.25, -0.2) is 0 Å². The van der Waals surface area contributed by atoms with Crippen LogP contribution in [0.3, 0.4) is 0 Å².